The highest BCUT2D eigenvalue weighted by Crippen LogP contribution is 2.47. The van der Waals surface area contributed by atoms with Crippen molar-refractivity contribution in [2.75, 3.05) is 13.9 Å². The van der Waals surface area contributed by atoms with Crippen molar-refractivity contribution in [2.24, 2.45) is 0 Å². The van der Waals surface area contributed by atoms with E-state index >= 15 is 0 Å². The van der Waals surface area contributed by atoms with Crippen molar-refractivity contribution in [2.45, 2.75) is 12.3 Å². The highest BCUT2D eigenvalue weighted by molar-refractivity contribution is 5.94. The molecule has 1 atom stereocenters. The third-order valence-electron chi connectivity index (χ3n) is 6.17. The van der Waals surface area contributed by atoms with Gasteiger partial charge in [-0.1, -0.05) is 18.2 Å². The predicted octanol–water partition coefficient (Wildman–Crippen LogP) is 4.34. The molecule has 3 heterocycles. The van der Waals surface area contributed by atoms with Gasteiger partial charge in [-0.2, -0.15) is 0 Å². The number of benzene rings is 3. The van der Waals surface area contributed by atoms with Crippen LogP contribution in [0, 0.1) is 0 Å². The van der Waals surface area contributed by atoms with E-state index < -0.39 is 17.3 Å². The van der Waals surface area contributed by atoms with Crippen LogP contribution in [-0.4, -0.2) is 25.0 Å². The first-order valence-electron chi connectivity index (χ1n) is 10.6. The minimum Gasteiger partial charge on any atom is -0.507 e. The van der Waals surface area contributed by atoms with Crippen molar-refractivity contribution in [3.05, 3.63) is 76.1 Å². The van der Waals surface area contributed by atoms with Crippen molar-refractivity contribution in [3.8, 4) is 39.9 Å². The Morgan fingerprint density at radius 3 is 2.56 bits per heavy atom. The molecule has 1 aromatic heterocycles. The topological polar surface area (TPSA) is 104 Å². The van der Waals surface area contributed by atoms with Crippen LogP contribution in [0.2, 0.25) is 0 Å². The standard InChI is InChI=1S/C26H18O8/c1-30-15-5-2-13(3-6-15)17-11-31-26-23-16(14-4-7-19-20(8-14)33-12-32-19)9-22(28)34-21(23)10-18(27)24(26)25(17)29/h2-8,10-11,16,27H,9,12H2,1H3. The largest absolute Gasteiger partial charge is 0.507 e. The number of hydrogen-bond acceptors (Lipinski definition) is 8. The Labute approximate surface area is 192 Å². The zero-order valence-electron chi connectivity index (χ0n) is 18.0. The first-order valence-corrected chi connectivity index (χ1v) is 10.6. The van der Waals surface area contributed by atoms with Crippen LogP contribution in [-0.2, 0) is 4.79 Å². The molecule has 34 heavy (non-hydrogen) atoms. The summed E-state index contributed by atoms with van der Waals surface area (Å²) in [4.78, 5) is 25.8. The maximum atomic E-state index is 13.5. The van der Waals surface area contributed by atoms with E-state index in [-0.39, 0.29) is 41.2 Å². The summed E-state index contributed by atoms with van der Waals surface area (Å²) in [5, 5.41) is 10.7. The molecular weight excluding hydrogens is 440 g/mol. The lowest BCUT2D eigenvalue weighted by molar-refractivity contribution is -0.135. The zero-order chi connectivity index (χ0) is 23.4. The summed E-state index contributed by atoms with van der Waals surface area (Å²) < 4.78 is 27.4. The second-order valence-electron chi connectivity index (χ2n) is 8.06. The molecule has 0 saturated carbocycles. The number of phenols is 1. The van der Waals surface area contributed by atoms with Gasteiger partial charge < -0.3 is 28.5 Å². The van der Waals surface area contributed by atoms with Crippen molar-refractivity contribution in [1.82, 2.24) is 0 Å². The molecule has 0 fully saturated rings. The molecule has 0 radical (unpaired) electrons. The number of carbonyl (C=O) groups excluding carboxylic acids is 1. The van der Waals surface area contributed by atoms with Crippen LogP contribution in [0.3, 0.4) is 0 Å². The Kier molecular flexibility index (Phi) is 4.48. The van der Waals surface area contributed by atoms with Crippen LogP contribution in [0.4, 0.5) is 0 Å². The van der Waals surface area contributed by atoms with Crippen molar-refractivity contribution < 1.29 is 33.3 Å². The Hall–Kier alpha value is -4.46. The summed E-state index contributed by atoms with van der Waals surface area (Å²) in [7, 11) is 1.56. The molecule has 1 unspecified atom stereocenters. The molecule has 170 valence electrons. The number of methoxy groups -OCH3 is 1. The smallest absolute Gasteiger partial charge is 0.312 e. The van der Waals surface area contributed by atoms with Crippen molar-refractivity contribution in [1.29, 1.82) is 0 Å². The van der Waals surface area contributed by atoms with Crippen LogP contribution in [0.25, 0.3) is 22.1 Å². The number of esters is 1. The monoisotopic (exact) mass is 458 g/mol. The molecule has 0 bridgehead atoms. The highest BCUT2D eigenvalue weighted by Gasteiger charge is 2.34. The number of aromatic hydroxyl groups is 1. The summed E-state index contributed by atoms with van der Waals surface area (Å²) in [6.07, 6.45) is 1.40. The molecule has 0 aliphatic carbocycles. The molecule has 8 nitrogen and oxygen atoms in total. The number of ether oxygens (including phenoxy) is 4. The fourth-order valence-corrected chi connectivity index (χ4v) is 4.52. The van der Waals surface area contributed by atoms with Crippen molar-refractivity contribution in [3.63, 3.8) is 0 Å². The molecule has 2 aliphatic heterocycles. The Bertz CT molecular complexity index is 1520. The van der Waals surface area contributed by atoms with Gasteiger partial charge >= 0.3 is 5.97 Å². The van der Waals surface area contributed by atoms with Gasteiger partial charge in [-0.25, -0.2) is 0 Å². The lowest BCUT2D eigenvalue weighted by Crippen LogP contribution is -2.22. The Balaban J connectivity index is 1.55. The van der Waals surface area contributed by atoms with Gasteiger partial charge in [0.05, 0.1) is 19.1 Å². The third kappa shape index (κ3) is 3.07. The van der Waals surface area contributed by atoms with Crippen LogP contribution < -0.4 is 24.4 Å². The molecule has 0 saturated heterocycles. The van der Waals surface area contributed by atoms with Gasteiger partial charge in [0.25, 0.3) is 0 Å². The average molecular weight is 458 g/mol. The minimum atomic E-state index is -0.469. The summed E-state index contributed by atoms with van der Waals surface area (Å²) in [5.41, 5.74) is 1.98. The number of hydrogen-bond donors (Lipinski definition) is 1. The summed E-state index contributed by atoms with van der Waals surface area (Å²) in [5.74, 6) is 0.758. The van der Waals surface area contributed by atoms with E-state index in [9.17, 15) is 14.7 Å². The zero-order valence-corrected chi connectivity index (χ0v) is 18.0. The summed E-state index contributed by atoms with van der Waals surface area (Å²) in [6, 6.07) is 13.7. The van der Waals surface area contributed by atoms with E-state index in [0.29, 0.717) is 28.4 Å². The maximum Gasteiger partial charge on any atom is 0.312 e. The average Bonchev–Trinajstić information content (AvgIpc) is 3.31. The van der Waals surface area contributed by atoms with Crippen LogP contribution in [0.15, 0.2) is 64.0 Å². The van der Waals surface area contributed by atoms with Gasteiger partial charge in [0.2, 0.25) is 12.2 Å². The first-order chi connectivity index (χ1) is 16.5. The Morgan fingerprint density at radius 2 is 1.76 bits per heavy atom. The number of fused-ring (bicyclic) bond motifs is 4. The van der Waals surface area contributed by atoms with Crippen molar-refractivity contribution >= 4 is 16.9 Å². The van der Waals surface area contributed by atoms with Gasteiger partial charge in [-0.05, 0) is 35.4 Å². The molecule has 6 rings (SSSR count). The molecular formula is C26H18O8. The predicted molar refractivity (Wildman–Crippen MR) is 121 cm³/mol. The number of rotatable bonds is 3. The van der Waals surface area contributed by atoms with E-state index in [4.69, 9.17) is 23.4 Å². The molecule has 2 aliphatic rings. The lowest BCUT2D eigenvalue weighted by atomic mass is 9.84. The van der Waals surface area contributed by atoms with E-state index in [1.54, 1.807) is 43.5 Å². The van der Waals surface area contributed by atoms with Gasteiger partial charge in [0.1, 0.15) is 34.5 Å². The third-order valence-corrected chi connectivity index (χ3v) is 6.17. The quantitative estimate of drug-likeness (QED) is 0.357. The second-order valence-corrected chi connectivity index (χ2v) is 8.06. The molecule has 1 N–H and O–H groups in total. The van der Waals surface area contributed by atoms with E-state index in [0.717, 1.165) is 5.56 Å². The molecule has 0 amide bonds. The van der Waals surface area contributed by atoms with Crippen LogP contribution in [0.5, 0.6) is 28.7 Å². The van der Waals surface area contributed by atoms with Gasteiger partial charge in [-0.15, -0.1) is 0 Å². The number of phenolic OH excluding ortho intramolecular Hbond substituents is 1. The molecule has 8 heteroatoms. The van der Waals surface area contributed by atoms with Gasteiger partial charge in [0, 0.05) is 17.5 Å². The summed E-state index contributed by atoms with van der Waals surface area (Å²) in [6.45, 7) is 0.127. The number of carbonyl (C=O) groups is 1. The van der Waals surface area contributed by atoms with Gasteiger partial charge in [0.15, 0.2) is 11.5 Å². The molecule has 0 spiro atoms. The van der Waals surface area contributed by atoms with E-state index in [1.807, 2.05) is 6.07 Å². The van der Waals surface area contributed by atoms with E-state index in [1.165, 1.54) is 12.3 Å². The molecule has 4 aromatic rings. The highest BCUT2D eigenvalue weighted by atomic mass is 16.7. The summed E-state index contributed by atoms with van der Waals surface area (Å²) >= 11 is 0. The minimum absolute atomic E-state index is 0.0239. The molecule has 3 aromatic carbocycles. The Morgan fingerprint density at radius 1 is 0.971 bits per heavy atom. The fraction of sp³-hybridized carbons (Fsp3) is 0.154. The maximum absolute atomic E-state index is 13.5. The lowest BCUT2D eigenvalue weighted by Gasteiger charge is -2.26. The van der Waals surface area contributed by atoms with E-state index in [2.05, 4.69) is 0 Å². The van der Waals surface area contributed by atoms with Gasteiger partial charge in [-0.3, -0.25) is 9.59 Å². The SMILES string of the molecule is COc1ccc(-c2coc3c4c(cc(O)c3c2=O)OC(=O)CC4c2ccc3c(c2)OCO3)cc1. The fourth-order valence-electron chi connectivity index (χ4n) is 4.52. The second kappa shape index (κ2) is 7.55. The normalized spacial score (nSPS) is 16.3. The first kappa shape index (κ1) is 20.2. The van der Waals surface area contributed by atoms with Crippen LogP contribution in [0.1, 0.15) is 23.5 Å². The van der Waals surface area contributed by atoms with Crippen LogP contribution >= 0.6 is 0 Å².